The number of phenolic OH excluding ortho intramolecular Hbond substituents is 1. The molecule has 2 aromatic carbocycles. The number of aryl methyl sites for hydroxylation is 1. The largest absolute Gasteiger partial charge is 0.508 e. The highest BCUT2D eigenvalue weighted by Gasteiger charge is 2.10. The van der Waals surface area contributed by atoms with Crippen molar-refractivity contribution >= 4 is 11.0 Å². The molecule has 3 rings (SSSR count). The molecule has 0 aliphatic rings. The molecule has 1 heterocycles. The predicted octanol–water partition coefficient (Wildman–Crippen LogP) is 2.95. The van der Waals surface area contributed by atoms with Crippen LogP contribution in [-0.2, 0) is 7.05 Å². The zero-order chi connectivity index (χ0) is 13.4. The summed E-state index contributed by atoms with van der Waals surface area (Å²) in [5.41, 5.74) is 2.74. The number of fused-ring (bicyclic) bond motifs is 1. The van der Waals surface area contributed by atoms with Crippen molar-refractivity contribution in [1.82, 2.24) is 9.55 Å². The molecule has 0 saturated heterocycles. The van der Waals surface area contributed by atoms with E-state index in [1.165, 1.54) is 0 Å². The Morgan fingerprint density at radius 1 is 1.16 bits per heavy atom. The number of benzene rings is 2. The maximum absolute atomic E-state index is 9.56. The Hall–Kier alpha value is -2.49. The third kappa shape index (κ3) is 1.91. The number of nitrogens with zero attached hydrogens (tertiary/aromatic N) is 2. The highest BCUT2D eigenvalue weighted by Crippen LogP contribution is 2.27. The van der Waals surface area contributed by atoms with E-state index in [1.807, 2.05) is 41.9 Å². The molecular weight excluding hydrogens is 240 g/mol. The summed E-state index contributed by atoms with van der Waals surface area (Å²) < 4.78 is 7.19. The maximum Gasteiger partial charge on any atom is 0.140 e. The van der Waals surface area contributed by atoms with Crippen molar-refractivity contribution in [2.45, 2.75) is 0 Å². The van der Waals surface area contributed by atoms with Crippen molar-refractivity contribution in [2.24, 2.45) is 7.05 Å². The molecule has 0 saturated carbocycles. The minimum atomic E-state index is 0.243. The summed E-state index contributed by atoms with van der Waals surface area (Å²) in [5.74, 6) is 1.89. The molecule has 4 heteroatoms. The molecule has 0 amide bonds. The van der Waals surface area contributed by atoms with Gasteiger partial charge in [-0.15, -0.1) is 0 Å². The van der Waals surface area contributed by atoms with Gasteiger partial charge in [-0.1, -0.05) is 12.1 Å². The van der Waals surface area contributed by atoms with Crippen LogP contribution in [0.25, 0.3) is 22.4 Å². The van der Waals surface area contributed by atoms with E-state index in [1.54, 1.807) is 19.2 Å². The molecule has 3 aromatic rings. The number of rotatable bonds is 2. The zero-order valence-corrected chi connectivity index (χ0v) is 10.8. The van der Waals surface area contributed by atoms with Gasteiger partial charge in [0.05, 0.1) is 18.1 Å². The van der Waals surface area contributed by atoms with Gasteiger partial charge >= 0.3 is 0 Å². The van der Waals surface area contributed by atoms with Gasteiger partial charge in [0, 0.05) is 18.7 Å². The summed E-state index contributed by atoms with van der Waals surface area (Å²) in [5, 5.41) is 9.56. The number of ether oxygens (including phenoxy) is 1. The minimum absolute atomic E-state index is 0.243. The molecular formula is C15H14N2O2. The lowest BCUT2D eigenvalue weighted by molar-refractivity contribution is 0.415. The summed E-state index contributed by atoms with van der Waals surface area (Å²) in [6.07, 6.45) is 0. The number of aromatic hydroxyl groups is 1. The van der Waals surface area contributed by atoms with Crippen LogP contribution in [0.2, 0.25) is 0 Å². The van der Waals surface area contributed by atoms with Gasteiger partial charge in [-0.25, -0.2) is 4.98 Å². The Bertz CT molecular complexity index is 747. The smallest absolute Gasteiger partial charge is 0.140 e. The van der Waals surface area contributed by atoms with Crippen molar-refractivity contribution in [2.75, 3.05) is 7.11 Å². The van der Waals surface area contributed by atoms with E-state index < -0.39 is 0 Å². The Labute approximate surface area is 110 Å². The molecule has 96 valence electrons. The van der Waals surface area contributed by atoms with E-state index >= 15 is 0 Å². The van der Waals surface area contributed by atoms with E-state index in [-0.39, 0.29) is 5.75 Å². The van der Waals surface area contributed by atoms with Crippen molar-refractivity contribution in [1.29, 1.82) is 0 Å². The van der Waals surface area contributed by atoms with Crippen LogP contribution in [0.15, 0.2) is 42.5 Å². The standard InChI is InChI=1S/C15H14N2O2/c1-17-14-9-11(18)6-7-13(14)16-15(17)10-4-3-5-12(8-10)19-2/h3-9,18H,1-2H3. The minimum Gasteiger partial charge on any atom is -0.508 e. The second kappa shape index (κ2) is 4.31. The van der Waals surface area contributed by atoms with Gasteiger partial charge < -0.3 is 14.4 Å². The van der Waals surface area contributed by atoms with E-state index in [2.05, 4.69) is 4.98 Å². The van der Waals surface area contributed by atoms with Crippen LogP contribution >= 0.6 is 0 Å². The van der Waals surface area contributed by atoms with Gasteiger partial charge in [0.1, 0.15) is 17.3 Å². The fourth-order valence-electron chi connectivity index (χ4n) is 2.20. The monoisotopic (exact) mass is 254 g/mol. The fraction of sp³-hybridized carbons (Fsp3) is 0.133. The molecule has 0 bridgehead atoms. The molecule has 4 nitrogen and oxygen atoms in total. The molecule has 0 fully saturated rings. The average Bonchev–Trinajstić information content (AvgIpc) is 2.76. The average molecular weight is 254 g/mol. The number of aromatic nitrogens is 2. The Morgan fingerprint density at radius 2 is 2.00 bits per heavy atom. The van der Waals surface area contributed by atoms with Crippen LogP contribution < -0.4 is 4.74 Å². The van der Waals surface area contributed by atoms with Crippen LogP contribution in [0.3, 0.4) is 0 Å². The number of imidazole rings is 1. The quantitative estimate of drug-likeness (QED) is 0.764. The number of hydrogen-bond acceptors (Lipinski definition) is 3. The number of methoxy groups -OCH3 is 1. The first-order chi connectivity index (χ1) is 9.19. The van der Waals surface area contributed by atoms with E-state index in [9.17, 15) is 5.11 Å². The topological polar surface area (TPSA) is 47.3 Å². The Balaban J connectivity index is 2.21. The first kappa shape index (κ1) is 11.6. The normalized spacial score (nSPS) is 10.8. The Kier molecular flexibility index (Phi) is 2.63. The summed E-state index contributed by atoms with van der Waals surface area (Å²) in [7, 11) is 3.58. The first-order valence-electron chi connectivity index (χ1n) is 5.99. The molecule has 0 radical (unpaired) electrons. The molecule has 19 heavy (non-hydrogen) atoms. The summed E-state index contributed by atoms with van der Waals surface area (Å²) >= 11 is 0. The third-order valence-electron chi connectivity index (χ3n) is 3.19. The lowest BCUT2D eigenvalue weighted by atomic mass is 10.2. The molecule has 1 aromatic heterocycles. The van der Waals surface area contributed by atoms with Crippen molar-refractivity contribution < 1.29 is 9.84 Å². The van der Waals surface area contributed by atoms with Gasteiger partial charge in [-0.2, -0.15) is 0 Å². The molecule has 0 spiro atoms. The van der Waals surface area contributed by atoms with E-state index in [0.717, 1.165) is 28.2 Å². The highest BCUT2D eigenvalue weighted by atomic mass is 16.5. The lowest BCUT2D eigenvalue weighted by Gasteiger charge is -2.05. The molecule has 0 aliphatic heterocycles. The number of phenols is 1. The summed E-state index contributed by atoms with van der Waals surface area (Å²) in [6.45, 7) is 0. The molecule has 0 unspecified atom stereocenters. The Morgan fingerprint density at radius 3 is 2.79 bits per heavy atom. The number of hydrogen-bond donors (Lipinski definition) is 1. The van der Waals surface area contributed by atoms with Gasteiger partial charge in [-0.05, 0) is 24.3 Å². The lowest BCUT2D eigenvalue weighted by Crippen LogP contribution is -1.93. The molecule has 0 aliphatic carbocycles. The van der Waals surface area contributed by atoms with Crippen molar-refractivity contribution in [3.05, 3.63) is 42.5 Å². The van der Waals surface area contributed by atoms with Crippen molar-refractivity contribution in [3.8, 4) is 22.9 Å². The SMILES string of the molecule is COc1cccc(-c2nc3ccc(O)cc3n2C)c1. The van der Waals surface area contributed by atoms with Gasteiger partial charge in [-0.3, -0.25) is 0 Å². The van der Waals surface area contributed by atoms with Crippen LogP contribution in [0.5, 0.6) is 11.5 Å². The van der Waals surface area contributed by atoms with Crippen LogP contribution in [0, 0.1) is 0 Å². The summed E-state index contributed by atoms with van der Waals surface area (Å²) in [4.78, 5) is 4.60. The summed E-state index contributed by atoms with van der Waals surface area (Å²) in [6, 6.07) is 12.9. The fourth-order valence-corrected chi connectivity index (χ4v) is 2.20. The van der Waals surface area contributed by atoms with Gasteiger partial charge in [0.2, 0.25) is 0 Å². The highest BCUT2D eigenvalue weighted by molar-refractivity contribution is 5.82. The zero-order valence-electron chi connectivity index (χ0n) is 10.8. The van der Waals surface area contributed by atoms with Gasteiger partial charge in [0.15, 0.2) is 0 Å². The van der Waals surface area contributed by atoms with E-state index in [4.69, 9.17) is 4.74 Å². The third-order valence-corrected chi connectivity index (χ3v) is 3.19. The van der Waals surface area contributed by atoms with Gasteiger partial charge in [0.25, 0.3) is 0 Å². The van der Waals surface area contributed by atoms with Crippen LogP contribution in [0.1, 0.15) is 0 Å². The molecule has 0 atom stereocenters. The van der Waals surface area contributed by atoms with E-state index in [0.29, 0.717) is 0 Å². The van der Waals surface area contributed by atoms with Crippen LogP contribution in [0.4, 0.5) is 0 Å². The maximum atomic E-state index is 9.56. The van der Waals surface area contributed by atoms with Crippen LogP contribution in [-0.4, -0.2) is 21.8 Å². The second-order valence-electron chi connectivity index (χ2n) is 4.40. The molecule has 1 N–H and O–H groups in total. The van der Waals surface area contributed by atoms with Crippen molar-refractivity contribution in [3.63, 3.8) is 0 Å². The predicted molar refractivity (Wildman–Crippen MR) is 74.4 cm³/mol. The second-order valence-corrected chi connectivity index (χ2v) is 4.40. The first-order valence-corrected chi connectivity index (χ1v) is 5.99.